The Kier molecular flexibility index (Phi) is 3.99. The van der Waals surface area contributed by atoms with Crippen LogP contribution in [-0.2, 0) is 9.59 Å². The molecular formula is C12H20N2O3. The van der Waals surface area contributed by atoms with E-state index in [1.54, 1.807) is 4.90 Å². The summed E-state index contributed by atoms with van der Waals surface area (Å²) in [4.78, 5) is 25.0. The van der Waals surface area contributed by atoms with E-state index in [9.17, 15) is 9.59 Å². The number of carboxylic acids is 1. The van der Waals surface area contributed by atoms with Gasteiger partial charge in [-0.3, -0.25) is 4.79 Å². The highest BCUT2D eigenvalue weighted by atomic mass is 16.4. The smallest absolute Gasteiger partial charge is 0.326 e. The molecule has 2 heterocycles. The van der Waals surface area contributed by atoms with Crippen molar-refractivity contribution in [1.29, 1.82) is 0 Å². The number of hydrogen-bond acceptors (Lipinski definition) is 3. The molecule has 17 heavy (non-hydrogen) atoms. The van der Waals surface area contributed by atoms with Crippen molar-refractivity contribution in [2.45, 2.75) is 50.6 Å². The van der Waals surface area contributed by atoms with Gasteiger partial charge in [0.05, 0.1) is 6.04 Å². The third-order valence-electron chi connectivity index (χ3n) is 3.68. The summed E-state index contributed by atoms with van der Waals surface area (Å²) in [7, 11) is 0. The second kappa shape index (κ2) is 5.49. The maximum Gasteiger partial charge on any atom is 0.326 e. The summed E-state index contributed by atoms with van der Waals surface area (Å²) in [5.74, 6) is -0.884. The normalized spacial score (nSPS) is 30.0. The summed E-state index contributed by atoms with van der Waals surface area (Å²) >= 11 is 0. The maximum absolute atomic E-state index is 12.3. The molecule has 2 saturated heterocycles. The van der Waals surface area contributed by atoms with E-state index in [1.165, 1.54) is 0 Å². The number of rotatable bonds is 2. The molecule has 5 nitrogen and oxygen atoms in total. The predicted molar refractivity (Wildman–Crippen MR) is 62.6 cm³/mol. The number of amides is 1. The average molecular weight is 240 g/mol. The van der Waals surface area contributed by atoms with Gasteiger partial charge in [0.1, 0.15) is 6.04 Å². The van der Waals surface area contributed by atoms with Gasteiger partial charge in [-0.25, -0.2) is 4.79 Å². The number of aliphatic carboxylic acids is 1. The highest BCUT2D eigenvalue weighted by molar-refractivity contribution is 5.87. The van der Waals surface area contributed by atoms with Crippen LogP contribution in [0.15, 0.2) is 0 Å². The van der Waals surface area contributed by atoms with E-state index in [4.69, 9.17) is 5.11 Å². The minimum absolute atomic E-state index is 0.0169. The molecule has 2 fully saturated rings. The first kappa shape index (κ1) is 12.4. The quantitative estimate of drug-likeness (QED) is 0.741. The molecule has 0 aromatic rings. The van der Waals surface area contributed by atoms with Gasteiger partial charge in [0.15, 0.2) is 0 Å². The number of hydrogen-bond donors (Lipinski definition) is 2. The summed E-state index contributed by atoms with van der Waals surface area (Å²) < 4.78 is 0. The van der Waals surface area contributed by atoms with Crippen molar-refractivity contribution >= 4 is 11.9 Å². The van der Waals surface area contributed by atoms with Crippen LogP contribution in [0.4, 0.5) is 0 Å². The van der Waals surface area contributed by atoms with Crippen molar-refractivity contribution in [2.75, 3.05) is 13.1 Å². The van der Waals surface area contributed by atoms with Crippen molar-refractivity contribution in [2.24, 2.45) is 0 Å². The van der Waals surface area contributed by atoms with Gasteiger partial charge in [0.25, 0.3) is 0 Å². The zero-order valence-electron chi connectivity index (χ0n) is 10.0. The second-order valence-corrected chi connectivity index (χ2v) is 4.88. The molecule has 2 N–H and O–H groups in total. The number of nitrogens with zero attached hydrogens (tertiary/aromatic N) is 1. The fourth-order valence-electron chi connectivity index (χ4n) is 2.71. The Bertz CT molecular complexity index is 300. The second-order valence-electron chi connectivity index (χ2n) is 4.88. The predicted octanol–water partition coefficient (Wildman–Crippen LogP) is 0.594. The lowest BCUT2D eigenvalue weighted by Gasteiger charge is -2.36. The number of nitrogens with one attached hydrogen (secondary N) is 1. The van der Waals surface area contributed by atoms with Gasteiger partial charge in [-0.15, -0.1) is 0 Å². The van der Waals surface area contributed by atoms with Crippen LogP contribution in [0.25, 0.3) is 0 Å². The van der Waals surface area contributed by atoms with Crippen LogP contribution in [0.1, 0.15) is 38.5 Å². The zero-order chi connectivity index (χ0) is 12.3. The van der Waals surface area contributed by atoms with Crippen LogP contribution in [-0.4, -0.2) is 47.1 Å². The van der Waals surface area contributed by atoms with Crippen molar-refractivity contribution < 1.29 is 14.7 Å². The molecule has 1 amide bonds. The Hall–Kier alpha value is -1.10. The summed E-state index contributed by atoms with van der Waals surface area (Å²) in [5.41, 5.74) is 0. The number of carbonyl (C=O) groups is 2. The fourth-order valence-corrected chi connectivity index (χ4v) is 2.71. The topological polar surface area (TPSA) is 69.6 Å². The van der Waals surface area contributed by atoms with Gasteiger partial charge >= 0.3 is 5.97 Å². The Labute approximate surface area is 101 Å². The standard InChI is InChI=1S/C12H20N2O3/c15-11(9-5-1-3-7-13-9)14-8-4-2-6-10(14)12(16)17/h9-10,13H,1-8H2,(H,16,17)/t9-,10+/m0/s1. The van der Waals surface area contributed by atoms with Crippen molar-refractivity contribution in [3.05, 3.63) is 0 Å². The van der Waals surface area contributed by atoms with E-state index in [0.29, 0.717) is 13.0 Å². The molecule has 0 aromatic carbocycles. The first-order valence-electron chi connectivity index (χ1n) is 6.47. The van der Waals surface area contributed by atoms with E-state index in [1.807, 2.05) is 0 Å². The molecule has 2 aliphatic rings. The van der Waals surface area contributed by atoms with E-state index in [-0.39, 0.29) is 11.9 Å². The van der Waals surface area contributed by atoms with E-state index >= 15 is 0 Å². The number of carbonyl (C=O) groups excluding carboxylic acids is 1. The lowest BCUT2D eigenvalue weighted by atomic mass is 9.98. The lowest BCUT2D eigenvalue weighted by Crippen LogP contribution is -2.55. The van der Waals surface area contributed by atoms with Crippen molar-refractivity contribution in [3.63, 3.8) is 0 Å². The highest BCUT2D eigenvalue weighted by Crippen LogP contribution is 2.20. The molecule has 0 spiro atoms. The van der Waals surface area contributed by atoms with Gasteiger partial charge in [-0.1, -0.05) is 6.42 Å². The van der Waals surface area contributed by atoms with E-state index < -0.39 is 12.0 Å². The first-order valence-corrected chi connectivity index (χ1v) is 6.47. The Morgan fingerprint density at radius 3 is 2.53 bits per heavy atom. The molecule has 96 valence electrons. The lowest BCUT2D eigenvalue weighted by molar-refractivity contribution is -0.153. The minimum atomic E-state index is -0.867. The molecule has 0 radical (unpaired) electrons. The number of likely N-dealkylation sites (tertiary alicyclic amines) is 1. The molecule has 0 aromatic heterocycles. The maximum atomic E-state index is 12.3. The number of carboxylic acid groups (broad SMARTS) is 1. The molecule has 0 bridgehead atoms. The average Bonchev–Trinajstić information content (AvgIpc) is 2.39. The summed E-state index contributed by atoms with van der Waals surface area (Å²) in [6, 6.07) is -0.774. The Morgan fingerprint density at radius 2 is 1.88 bits per heavy atom. The third-order valence-corrected chi connectivity index (χ3v) is 3.68. The van der Waals surface area contributed by atoms with Crippen LogP contribution in [0.3, 0.4) is 0 Å². The molecular weight excluding hydrogens is 220 g/mol. The van der Waals surface area contributed by atoms with Crippen molar-refractivity contribution in [1.82, 2.24) is 10.2 Å². The van der Waals surface area contributed by atoms with E-state index in [0.717, 1.165) is 38.6 Å². The zero-order valence-corrected chi connectivity index (χ0v) is 10.0. The molecule has 0 unspecified atom stereocenters. The van der Waals surface area contributed by atoms with Gasteiger partial charge in [-0.05, 0) is 38.6 Å². The minimum Gasteiger partial charge on any atom is -0.480 e. The number of piperidine rings is 2. The van der Waals surface area contributed by atoms with Gasteiger partial charge in [0, 0.05) is 6.54 Å². The van der Waals surface area contributed by atoms with E-state index in [2.05, 4.69) is 5.32 Å². The van der Waals surface area contributed by atoms with Crippen LogP contribution in [0.5, 0.6) is 0 Å². The molecule has 2 rings (SSSR count). The van der Waals surface area contributed by atoms with Crippen LogP contribution < -0.4 is 5.32 Å². The molecule has 0 aliphatic carbocycles. The van der Waals surface area contributed by atoms with Crippen LogP contribution >= 0.6 is 0 Å². The molecule has 0 saturated carbocycles. The van der Waals surface area contributed by atoms with Gasteiger partial charge in [0.2, 0.25) is 5.91 Å². The summed E-state index contributed by atoms with van der Waals surface area (Å²) in [6.07, 6.45) is 5.40. The monoisotopic (exact) mass is 240 g/mol. The Morgan fingerprint density at radius 1 is 1.12 bits per heavy atom. The summed E-state index contributed by atoms with van der Waals surface area (Å²) in [5, 5.41) is 12.3. The molecule has 5 heteroatoms. The largest absolute Gasteiger partial charge is 0.480 e. The van der Waals surface area contributed by atoms with Crippen LogP contribution in [0, 0.1) is 0 Å². The first-order chi connectivity index (χ1) is 8.20. The van der Waals surface area contributed by atoms with Gasteiger partial charge in [-0.2, -0.15) is 0 Å². The van der Waals surface area contributed by atoms with Gasteiger partial charge < -0.3 is 15.3 Å². The van der Waals surface area contributed by atoms with Crippen molar-refractivity contribution in [3.8, 4) is 0 Å². The SMILES string of the molecule is O=C(O)[C@H]1CCCCN1C(=O)[C@@H]1CCCCN1. The fraction of sp³-hybridized carbons (Fsp3) is 0.833. The molecule has 2 atom stereocenters. The highest BCUT2D eigenvalue weighted by Gasteiger charge is 2.35. The third kappa shape index (κ3) is 2.77. The summed E-state index contributed by atoms with van der Waals surface area (Å²) in [6.45, 7) is 1.45. The molecule has 2 aliphatic heterocycles. The van der Waals surface area contributed by atoms with Crippen LogP contribution in [0.2, 0.25) is 0 Å². The Balaban J connectivity index is 2.02.